The molecule has 0 unspecified atom stereocenters. The Hall–Kier alpha value is -3.07. The second kappa shape index (κ2) is 10.9. The predicted octanol–water partition coefficient (Wildman–Crippen LogP) is 6.04. The van der Waals surface area contributed by atoms with Gasteiger partial charge in [0.2, 0.25) is 0 Å². The van der Waals surface area contributed by atoms with Gasteiger partial charge in [0.25, 0.3) is 11.8 Å². The first-order chi connectivity index (χ1) is 16.1. The molecule has 0 fully saturated rings. The number of nitrogens with one attached hydrogen (secondary N) is 2. The van der Waals surface area contributed by atoms with Crippen LogP contribution in [0.1, 0.15) is 36.7 Å². The molecule has 10 heteroatoms. The zero-order valence-electron chi connectivity index (χ0n) is 18.9. The Morgan fingerprint density at radius 3 is 2.26 bits per heavy atom. The number of ether oxygens (including phenoxy) is 2. The van der Waals surface area contributed by atoms with Crippen molar-refractivity contribution < 1.29 is 23.9 Å². The standard InChI is InChI=1S/C24H22Cl2N2O5S/c1-12-7-13(2)9-16(8-12)27-22(30)21-14(3)20(24(31)32-4)23(34-21)28-19(29)11-33-18-6-5-15(25)10-17(18)26/h5-10H,11H2,1-4H3,(H,27,30)(H,28,29). The SMILES string of the molecule is COC(=O)c1c(NC(=O)COc2ccc(Cl)cc2Cl)sc(C(=O)Nc2cc(C)cc(C)c2)c1C. The maximum absolute atomic E-state index is 13.0. The van der Waals surface area contributed by atoms with Gasteiger partial charge in [0, 0.05) is 10.7 Å². The number of hydrogen-bond acceptors (Lipinski definition) is 6. The molecule has 178 valence electrons. The smallest absolute Gasteiger partial charge is 0.341 e. The summed E-state index contributed by atoms with van der Waals surface area (Å²) in [5.41, 5.74) is 3.14. The molecule has 1 aromatic heterocycles. The van der Waals surface area contributed by atoms with Crippen molar-refractivity contribution in [3.63, 3.8) is 0 Å². The van der Waals surface area contributed by atoms with Gasteiger partial charge in [-0.3, -0.25) is 9.59 Å². The molecule has 0 saturated heterocycles. The maximum Gasteiger partial charge on any atom is 0.341 e. The molecule has 3 rings (SSSR count). The molecule has 1 heterocycles. The number of amides is 2. The molecule has 0 aliphatic carbocycles. The lowest BCUT2D eigenvalue weighted by Gasteiger charge is -2.09. The van der Waals surface area contributed by atoms with Crippen molar-refractivity contribution in [2.75, 3.05) is 24.4 Å². The summed E-state index contributed by atoms with van der Waals surface area (Å²) < 4.78 is 10.3. The minimum Gasteiger partial charge on any atom is -0.482 e. The summed E-state index contributed by atoms with van der Waals surface area (Å²) in [5, 5.41) is 6.35. The van der Waals surface area contributed by atoms with Crippen LogP contribution in [0.4, 0.5) is 10.7 Å². The molecule has 0 aliphatic heterocycles. The third kappa shape index (κ3) is 6.08. The molecular weight excluding hydrogens is 499 g/mol. The van der Waals surface area contributed by atoms with E-state index >= 15 is 0 Å². The molecule has 0 atom stereocenters. The zero-order valence-corrected chi connectivity index (χ0v) is 21.2. The Bertz CT molecular complexity index is 1250. The van der Waals surface area contributed by atoms with Crippen LogP contribution in [-0.2, 0) is 9.53 Å². The Morgan fingerprint density at radius 2 is 1.65 bits per heavy atom. The van der Waals surface area contributed by atoms with Crippen LogP contribution in [-0.4, -0.2) is 31.5 Å². The number of methoxy groups -OCH3 is 1. The quantitative estimate of drug-likeness (QED) is 0.370. The topological polar surface area (TPSA) is 93.7 Å². The molecule has 0 saturated carbocycles. The zero-order chi connectivity index (χ0) is 25.0. The number of esters is 1. The summed E-state index contributed by atoms with van der Waals surface area (Å²) >= 11 is 12.9. The molecular formula is C24H22Cl2N2O5S. The van der Waals surface area contributed by atoms with E-state index < -0.39 is 17.8 Å². The van der Waals surface area contributed by atoms with Gasteiger partial charge in [-0.25, -0.2) is 4.79 Å². The largest absolute Gasteiger partial charge is 0.482 e. The Balaban J connectivity index is 1.81. The number of hydrogen-bond donors (Lipinski definition) is 2. The average Bonchev–Trinajstić information content (AvgIpc) is 3.07. The second-order valence-electron chi connectivity index (χ2n) is 7.49. The summed E-state index contributed by atoms with van der Waals surface area (Å²) in [6.07, 6.45) is 0. The van der Waals surface area contributed by atoms with Crippen molar-refractivity contribution >= 4 is 63.0 Å². The van der Waals surface area contributed by atoms with Gasteiger partial charge >= 0.3 is 5.97 Å². The van der Waals surface area contributed by atoms with Gasteiger partial charge in [0.05, 0.1) is 22.6 Å². The van der Waals surface area contributed by atoms with Crippen LogP contribution in [0.5, 0.6) is 5.75 Å². The lowest BCUT2D eigenvalue weighted by molar-refractivity contribution is -0.118. The first-order valence-corrected chi connectivity index (χ1v) is 11.6. The fourth-order valence-electron chi connectivity index (χ4n) is 3.30. The fourth-order valence-corrected chi connectivity index (χ4v) is 4.87. The van der Waals surface area contributed by atoms with Crippen LogP contribution in [0.15, 0.2) is 36.4 Å². The van der Waals surface area contributed by atoms with E-state index in [1.54, 1.807) is 19.1 Å². The van der Waals surface area contributed by atoms with Crippen LogP contribution in [0, 0.1) is 20.8 Å². The predicted molar refractivity (Wildman–Crippen MR) is 135 cm³/mol. The number of halogens is 2. The van der Waals surface area contributed by atoms with Gasteiger partial charge in [-0.15, -0.1) is 11.3 Å². The van der Waals surface area contributed by atoms with Crippen LogP contribution < -0.4 is 15.4 Å². The average molecular weight is 521 g/mol. The van der Waals surface area contributed by atoms with Gasteiger partial charge in [-0.2, -0.15) is 0 Å². The number of rotatable bonds is 7. The Morgan fingerprint density at radius 1 is 0.971 bits per heavy atom. The highest BCUT2D eigenvalue weighted by Crippen LogP contribution is 2.34. The van der Waals surface area contributed by atoms with Gasteiger partial charge < -0.3 is 20.1 Å². The lowest BCUT2D eigenvalue weighted by Crippen LogP contribution is -2.21. The summed E-state index contributed by atoms with van der Waals surface area (Å²) in [6, 6.07) is 10.3. The van der Waals surface area contributed by atoms with E-state index in [2.05, 4.69) is 10.6 Å². The number of carbonyl (C=O) groups is 3. The van der Waals surface area contributed by atoms with Crippen molar-refractivity contribution in [1.82, 2.24) is 0 Å². The maximum atomic E-state index is 13.0. The lowest BCUT2D eigenvalue weighted by atomic mass is 10.1. The first-order valence-electron chi connectivity index (χ1n) is 10.1. The molecule has 2 aromatic carbocycles. The second-order valence-corrected chi connectivity index (χ2v) is 9.36. The van der Waals surface area contributed by atoms with Crippen molar-refractivity contribution in [1.29, 1.82) is 0 Å². The highest BCUT2D eigenvalue weighted by atomic mass is 35.5. The summed E-state index contributed by atoms with van der Waals surface area (Å²) in [4.78, 5) is 38.2. The third-order valence-electron chi connectivity index (χ3n) is 4.73. The number of thiophene rings is 1. The monoisotopic (exact) mass is 520 g/mol. The number of carbonyl (C=O) groups excluding carboxylic acids is 3. The minimum absolute atomic E-state index is 0.107. The van der Waals surface area contributed by atoms with Crippen LogP contribution in [0.2, 0.25) is 10.0 Å². The van der Waals surface area contributed by atoms with E-state index in [1.165, 1.54) is 13.2 Å². The Kier molecular flexibility index (Phi) is 8.19. The van der Waals surface area contributed by atoms with Gasteiger partial charge in [-0.05, 0) is 67.8 Å². The van der Waals surface area contributed by atoms with Crippen LogP contribution in [0.25, 0.3) is 0 Å². The van der Waals surface area contributed by atoms with Crippen molar-refractivity contribution in [2.45, 2.75) is 20.8 Å². The molecule has 2 amide bonds. The summed E-state index contributed by atoms with van der Waals surface area (Å²) in [6.45, 7) is 5.12. The molecule has 0 aliphatic rings. The highest BCUT2D eigenvalue weighted by molar-refractivity contribution is 7.19. The highest BCUT2D eigenvalue weighted by Gasteiger charge is 2.26. The number of benzene rings is 2. The van der Waals surface area contributed by atoms with Crippen LogP contribution in [0.3, 0.4) is 0 Å². The molecule has 0 spiro atoms. The van der Waals surface area contributed by atoms with Crippen molar-refractivity contribution in [2.24, 2.45) is 0 Å². The first kappa shape index (κ1) is 25.6. The molecule has 7 nitrogen and oxygen atoms in total. The van der Waals surface area contributed by atoms with Gasteiger partial charge in [0.15, 0.2) is 6.61 Å². The van der Waals surface area contributed by atoms with Crippen molar-refractivity contribution in [3.05, 3.63) is 73.6 Å². The number of anilines is 2. The van der Waals surface area contributed by atoms with E-state index in [0.29, 0.717) is 16.3 Å². The molecule has 34 heavy (non-hydrogen) atoms. The molecule has 0 bridgehead atoms. The Labute approximate surface area is 211 Å². The van der Waals surface area contributed by atoms with E-state index in [0.717, 1.165) is 22.5 Å². The molecule has 3 aromatic rings. The fraction of sp³-hybridized carbons (Fsp3) is 0.208. The third-order valence-corrected chi connectivity index (χ3v) is 6.46. The molecule has 0 radical (unpaired) electrons. The normalized spacial score (nSPS) is 10.5. The van der Waals surface area contributed by atoms with Crippen LogP contribution >= 0.6 is 34.5 Å². The van der Waals surface area contributed by atoms with E-state index in [4.69, 9.17) is 32.7 Å². The van der Waals surface area contributed by atoms with E-state index in [-0.39, 0.29) is 32.8 Å². The summed E-state index contributed by atoms with van der Waals surface area (Å²) in [5.74, 6) is -1.33. The minimum atomic E-state index is -0.670. The van der Waals surface area contributed by atoms with Gasteiger partial charge in [0.1, 0.15) is 10.8 Å². The van der Waals surface area contributed by atoms with Crippen molar-refractivity contribution in [3.8, 4) is 5.75 Å². The number of aryl methyl sites for hydroxylation is 2. The summed E-state index contributed by atoms with van der Waals surface area (Å²) in [7, 11) is 1.23. The molecule has 2 N–H and O–H groups in total. The van der Waals surface area contributed by atoms with E-state index in [1.807, 2.05) is 32.0 Å². The van der Waals surface area contributed by atoms with Gasteiger partial charge in [-0.1, -0.05) is 29.3 Å². The van der Waals surface area contributed by atoms with E-state index in [9.17, 15) is 14.4 Å².